The fourth-order valence-electron chi connectivity index (χ4n) is 1.41. The lowest BCUT2D eigenvalue weighted by Crippen LogP contribution is -2.14. The fourth-order valence-corrected chi connectivity index (χ4v) is 7.33. The molecule has 0 saturated heterocycles. The third-order valence-electron chi connectivity index (χ3n) is 2.51. The summed E-state index contributed by atoms with van der Waals surface area (Å²) in [6.45, 7) is 0. The van der Waals surface area contributed by atoms with Gasteiger partial charge in [-0.15, -0.1) is 0 Å². The van der Waals surface area contributed by atoms with E-state index in [0.717, 1.165) is 23.0 Å². The lowest BCUT2D eigenvalue weighted by atomic mass is 10.3. The van der Waals surface area contributed by atoms with Crippen LogP contribution in [0.1, 0.15) is 12.8 Å². The molecule has 143 valence electrons. The molecule has 0 fully saturated rings. The summed E-state index contributed by atoms with van der Waals surface area (Å²) < 4.78 is 30.0. The highest BCUT2D eigenvalue weighted by atomic mass is 33.1. The first-order valence-corrected chi connectivity index (χ1v) is 14.2. The van der Waals surface area contributed by atoms with E-state index in [9.17, 15) is 8.42 Å². The molecule has 0 aromatic rings. The minimum atomic E-state index is -1.95. The highest BCUT2D eigenvalue weighted by Gasteiger charge is 2.10. The smallest absolute Gasteiger partial charge is 0.153 e. The molecule has 0 aliphatic rings. The molecule has 1 radical (unpaired) electrons. The zero-order valence-electron chi connectivity index (χ0n) is 13.2. The van der Waals surface area contributed by atoms with Gasteiger partial charge in [0.05, 0.1) is 35.3 Å². The number of rotatable bonds is 17. The summed E-state index contributed by atoms with van der Waals surface area (Å²) in [7, 11) is 6.80. The standard InChI is InChI=1S/C10H19N6O3S6/c11-15-13-9(7-20-17)1-3-21-23-5-6-24-22-4-2-10(14-16-12)8-25(18)19/h9-10H,1-8H2,(H,18,19)/t9-,10-/m1/s1. The molecule has 1 unspecified atom stereocenters. The number of azide groups is 2. The Bertz CT molecular complexity index is 488. The van der Waals surface area contributed by atoms with Gasteiger partial charge in [-0.05, 0) is 23.9 Å². The molecule has 0 amide bonds. The Balaban J connectivity index is 3.57. The summed E-state index contributed by atoms with van der Waals surface area (Å²) >= 11 is -1.51. The maximum atomic E-state index is 10.7. The Hall–Kier alpha value is 0.150. The van der Waals surface area contributed by atoms with Gasteiger partial charge < -0.3 is 4.55 Å². The van der Waals surface area contributed by atoms with Crippen molar-refractivity contribution < 1.29 is 13.0 Å². The van der Waals surface area contributed by atoms with Crippen molar-refractivity contribution in [1.29, 1.82) is 0 Å². The third-order valence-corrected chi connectivity index (χ3v) is 8.84. The van der Waals surface area contributed by atoms with Gasteiger partial charge in [0.15, 0.2) is 11.1 Å². The molecular weight excluding hydrogens is 445 g/mol. The molecule has 15 heteroatoms. The quantitative estimate of drug-likeness (QED) is 0.0841. The van der Waals surface area contributed by atoms with Crippen molar-refractivity contribution in [2.24, 2.45) is 10.2 Å². The van der Waals surface area contributed by atoms with Crippen LogP contribution in [0.25, 0.3) is 20.9 Å². The van der Waals surface area contributed by atoms with Crippen LogP contribution in [0.3, 0.4) is 0 Å². The van der Waals surface area contributed by atoms with Crippen LogP contribution in [0, 0.1) is 0 Å². The predicted molar refractivity (Wildman–Crippen MR) is 114 cm³/mol. The summed E-state index contributed by atoms with van der Waals surface area (Å²) in [6, 6.07) is -0.673. The van der Waals surface area contributed by atoms with E-state index in [2.05, 4.69) is 20.1 Å². The third kappa shape index (κ3) is 17.3. The largest absolute Gasteiger partial charge is 0.306 e. The van der Waals surface area contributed by atoms with E-state index in [4.69, 9.17) is 15.6 Å². The number of hydrogen-bond donors (Lipinski definition) is 1. The lowest BCUT2D eigenvalue weighted by Gasteiger charge is -2.08. The van der Waals surface area contributed by atoms with Crippen LogP contribution >= 0.6 is 43.2 Å². The Morgan fingerprint density at radius 3 is 1.88 bits per heavy atom. The molecule has 0 spiro atoms. The van der Waals surface area contributed by atoms with Crippen molar-refractivity contribution >= 4 is 65.9 Å². The molecule has 0 bridgehead atoms. The molecule has 0 rings (SSSR count). The predicted octanol–water partition coefficient (Wildman–Crippen LogP) is 4.32. The van der Waals surface area contributed by atoms with Crippen molar-refractivity contribution in [3.8, 4) is 0 Å². The van der Waals surface area contributed by atoms with E-state index < -0.39 is 17.1 Å². The summed E-state index contributed by atoms with van der Waals surface area (Å²) in [6.07, 6.45) is 1.28. The second-order valence-corrected chi connectivity index (χ2v) is 11.3. The zero-order chi connectivity index (χ0) is 18.8. The van der Waals surface area contributed by atoms with E-state index in [1.165, 1.54) is 0 Å². The Labute approximate surface area is 168 Å². The second kappa shape index (κ2) is 18.9. The Morgan fingerprint density at radius 2 is 1.40 bits per heavy atom. The van der Waals surface area contributed by atoms with Gasteiger partial charge in [0, 0.05) is 32.8 Å². The van der Waals surface area contributed by atoms with Crippen LogP contribution in [-0.4, -0.2) is 59.6 Å². The van der Waals surface area contributed by atoms with Gasteiger partial charge in [-0.1, -0.05) is 53.4 Å². The minimum Gasteiger partial charge on any atom is -0.306 e. The van der Waals surface area contributed by atoms with E-state index in [1.54, 1.807) is 43.2 Å². The zero-order valence-corrected chi connectivity index (χ0v) is 18.1. The SMILES string of the molecule is [N-]=[N+]=N[C@H](CCSSCCSSCC[C@H](CS(=O)O)N=[N+]=[N-])C[S]=O. The normalized spacial score (nSPS) is 14.0. The van der Waals surface area contributed by atoms with Crippen molar-refractivity contribution in [2.45, 2.75) is 24.9 Å². The molecule has 0 heterocycles. The van der Waals surface area contributed by atoms with Gasteiger partial charge in [0.1, 0.15) is 0 Å². The molecular formula is C10H19N6O3S6. The first-order chi connectivity index (χ1) is 12.1. The van der Waals surface area contributed by atoms with E-state index >= 15 is 0 Å². The topological polar surface area (TPSA) is 152 Å². The first-order valence-electron chi connectivity index (χ1n) is 7.03. The maximum absolute atomic E-state index is 10.7. The van der Waals surface area contributed by atoms with Crippen LogP contribution in [0.2, 0.25) is 0 Å². The van der Waals surface area contributed by atoms with Gasteiger partial charge in [-0.3, -0.25) is 0 Å². The van der Waals surface area contributed by atoms with E-state index in [1.807, 2.05) is 0 Å². The molecule has 0 aromatic heterocycles. The van der Waals surface area contributed by atoms with Gasteiger partial charge in [0.2, 0.25) is 0 Å². The van der Waals surface area contributed by atoms with E-state index in [0.29, 0.717) is 30.3 Å². The summed E-state index contributed by atoms with van der Waals surface area (Å²) in [5, 5.41) is 7.11. The summed E-state index contributed by atoms with van der Waals surface area (Å²) in [4.78, 5) is 5.44. The van der Waals surface area contributed by atoms with Crippen molar-refractivity contribution in [1.82, 2.24) is 0 Å². The molecule has 0 aliphatic heterocycles. The Morgan fingerprint density at radius 1 is 0.920 bits per heavy atom. The van der Waals surface area contributed by atoms with Gasteiger partial charge in [0.25, 0.3) is 0 Å². The van der Waals surface area contributed by atoms with Gasteiger partial charge in [-0.2, -0.15) is 0 Å². The molecule has 25 heavy (non-hydrogen) atoms. The molecule has 0 aromatic carbocycles. The number of hydrogen-bond acceptors (Lipinski definition) is 8. The van der Waals surface area contributed by atoms with Crippen LogP contribution in [0.4, 0.5) is 0 Å². The van der Waals surface area contributed by atoms with Crippen LogP contribution in [-0.2, 0) is 22.7 Å². The second-order valence-electron chi connectivity index (χ2n) is 4.36. The monoisotopic (exact) mass is 463 g/mol. The van der Waals surface area contributed by atoms with Crippen LogP contribution in [0.15, 0.2) is 10.2 Å². The Kier molecular flexibility index (Phi) is 19.0. The van der Waals surface area contributed by atoms with Crippen LogP contribution in [0.5, 0.6) is 0 Å². The molecule has 9 nitrogen and oxygen atoms in total. The minimum absolute atomic E-state index is 0.0243. The fraction of sp³-hybridized carbons (Fsp3) is 1.00. The van der Waals surface area contributed by atoms with Gasteiger partial charge >= 0.3 is 0 Å². The number of nitrogens with zero attached hydrogens (tertiary/aromatic N) is 6. The molecule has 0 saturated carbocycles. The van der Waals surface area contributed by atoms with Crippen LogP contribution < -0.4 is 0 Å². The van der Waals surface area contributed by atoms with Crippen molar-refractivity contribution in [3.05, 3.63) is 20.9 Å². The average Bonchev–Trinajstić information content (AvgIpc) is 2.56. The molecule has 3 atom stereocenters. The molecule has 1 N–H and O–H groups in total. The van der Waals surface area contributed by atoms with Gasteiger partial charge in [-0.25, -0.2) is 8.42 Å². The summed E-state index contributed by atoms with van der Waals surface area (Å²) in [5.74, 6) is 3.79. The summed E-state index contributed by atoms with van der Waals surface area (Å²) in [5.41, 5.74) is 16.8. The van der Waals surface area contributed by atoms with Crippen molar-refractivity contribution in [3.63, 3.8) is 0 Å². The van der Waals surface area contributed by atoms with E-state index in [-0.39, 0.29) is 11.8 Å². The molecule has 0 aliphatic carbocycles. The highest BCUT2D eigenvalue weighted by molar-refractivity contribution is 8.78. The maximum Gasteiger partial charge on any atom is 0.153 e. The lowest BCUT2D eigenvalue weighted by molar-refractivity contribution is 0.553. The highest BCUT2D eigenvalue weighted by Crippen LogP contribution is 2.28. The first kappa shape index (κ1) is 25.1. The average molecular weight is 464 g/mol. The van der Waals surface area contributed by atoms with Crippen molar-refractivity contribution in [2.75, 3.05) is 34.5 Å².